The number of rotatable bonds is 1. The lowest BCUT2D eigenvalue weighted by Gasteiger charge is -2.06. The fraction of sp³-hybridized carbons (Fsp3) is 0. The molecule has 0 spiro atoms. The zero-order valence-corrected chi connectivity index (χ0v) is 11.9. The molecule has 0 bridgehead atoms. The molecular formula is C14H10N2O5S. The zero-order chi connectivity index (χ0) is 16.2. The first-order valence-corrected chi connectivity index (χ1v) is 7.44. The summed E-state index contributed by atoms with van der Waals surface area (Å²) in [6.45, 7) is 0. The Morgan fingerprint density at radius 1 is 0.864 bits per heavy atom. The number of benzene rings is 1. The molecule has 0 radical (unpaired) electrons. The molecule has 1 aromatic carbocycles. The van der Waals surface area contributed by atoms with Crippen LogP contribution < -0.4 is 0 Å². The summed E-state index contributed by atoms with van der Waals surface area (Å²) < 4.78 is 28.9. The van der Waals surface area contributed by atoms with E-state index in [1.165, 1.54) is 24.4 Å². The van der Waals surface area contributed by atoms with Crippen LogP contribution in [0, 0.1) is 0 Å². The van der Waals surface area contributed by atoms with Crippen molar-refractivity contribution in [1.82, 2.24) is 10.2 Å². The van der Waals surface area contributed by atoms with Crippen molar-refractivity contribution in [2.45, 2.75) is 5.03 Å². The number of aromatic nitrogens is 2. The van der Waals surface area contributed by atoms with Crippen LogP contribution in [-0.2, 0) is 10.1 Å². The summed E-state index contributed by atoms with van der Waals surface area (Å²) >= 11 is 0. The summed E-state index contributed by atoms with van der Waals surface area (Å²) in [5.74, 6) is -0.185. The Labute approximate surface area is 126 Å². The lowest BCUT2D eigenvalue weighted by Crippen LogP contribution is -2.10. The van der Waals surface area contributed by atoms with Gasteiger partial charge in [0.1, 0.15) is 0 Å². The predicted octanol–water partition coefficient (Wildman–Crippen LogP) is 1.35. The Bertz CT molecular complexity index is 808. The van der Waals surface area contributed by atoms with Crippen molar-refractivity contribution in [1.29, 1.82) is 0 Å². The number of hydrogen-bond acceptors (Lipinski definition) is 6. The van der Waals surface area contributed by atoms with Crippen LogP contribution in [0.5, 0.6) is 0 Å². The molecule has 1 aromatic heterocycles. The minimum Gasteiger partial charge on any atom is -0.289 e. The number of fused-ring (bicyclic) bond motifs is 1. The van der Waals surface area contributed by atoms with Crippen LogP contribution in [0.1, 0.15) is 20.7 Å². The van der Waals surface area contributed by atoms with Crippen LogP contribution in [0.25, 0.3) is 0 Å². The molecule has 3 rings (SSSR count). The first kappa shape index (κ1) is 15.7. The molecule has 0 saturated carbocycles. The molecule has 112 valence electrons. The highest BCUT2D eigenvalue weighted by Gasteiger charge is 2.17. The maximum Gasteiger partial charge on any atom is 0.314 e. The summed E-state index contributed by atoms with van der Waals surface area (Å²) in [6, 6.07) is 9.36. The topological polar surface area (TPSA) is 114 Å². The summed E-state index contributed by atoms with van der Waals surface area (Å²) in [6.07, 6.45) is 3.93. The highest BCUT2D eigenvalue weighted by Crippen LogP contribution is 2.15. The van der Waals surface area contributed by atoms with E-state index < -0.39 is 15.1 Å². The smallest absolute Gasteiger partial charge is 0.289 e. The fourth-order valence-electron chi connectivity index (χ4n) is 1.67. The lowest BCUT2D eigenvalue weighted by atomic mass is 9.95. The number of allylic oxidation sites excluding steroid dienone is 2. The van der Waals surface area contributed by atoms with Crippen molar-refractivity contribution >= 4 is 21.7 Å². The molecule has 1 aliphatic carbocycles. The first-order chi connectivity index (χ1) is 10.4. The molecule has 0 aliphatic heterocycles. The third kappa shape index (κ3) is 3.68. The van der Waals surface area contributed by atoms with Gasteiger partial charge >= 0.3 is 10.1 Å². The van der Waals surface area contributed by atoms with E-state index in [4.69, 9.17) is 4.55 Å². The number of hydrogen-bond donors (Lipinski definition) is 1. The van der Waals surface area contributed by atoms with Crippen LogP contribution in [-0.4, -0.2) is 34.7 Å². The molecule has 2 aromatic rings. The van der Waals surface area contributed by atoms with Gasteiger partial charge in [0.15, 0.2) is 11.6 Å². The second-order valence-electron chi connectivity index (χ2n) is 4.14. The maximum atomic E-state index is 11.2. The maximum absolute atomic E-state index is 11.2. The molecule has 0 amide bonds. The molecule has 22 heavy (non-hydrogen) atoms. The van der Waals surface area contributed by atoms with Gasteiger partial charge in [-0.25, -0.2) is 0 Å². The molecule has 7 nitrogen and oxygen atoms in total. The van der Waals surface area contributed by atoms with E-state index in [0.717, 1.165) is 6.07 Å². The minimum absolute atomic E-state index is 0.0924. The summed E-state index contributed by atoms with van der Waals surface area (Å²) in [5.41, 5.74) is 1.01. The van der Waals surface area contributed by atoms with Gasteiger partial charge in [0, 0.05) is 17.3 Å². The van der Waals surface area contributed by atoms with Gasteiger partial charge in [-0.1, -0.05) is 24.3 Å². The quantitative estimate of drug-likeness (QED) is 0.789. The normalized spacial score (nSPS) is 13.1. The van der Waals surface area contributed by atoms with Crippen molar-refractivity contribution in [3.63, 3.8) is 0 Å². The molecule has 1 heterocycles. The zero-order valence-electron chi connectivity index (χ0n) is 11.1. The van der Waals surface area contributed by atoms with Gasteiger partial charge in [0.25, 0.3) is 0 Å². The lowest BCUT2D eigenvalue weighted by molar-refractivity contribution is 0.0994. The van der Waals surface area contributed by atoms with Gasteiger partial charge < -0.3 is 0 Å². The van der Waals surface area contributed by atoms with Crippen LogP contribution >= 0.6 is 0 Å². The summed E-state index contributed by atoms with van der Waals surface area (Å²) in [5, 5.41) is 5.99. The highest BCUT2D eigenvalue weighted by atomic mass is 32.2. The third-order valence-corrected chi connectivity index (χ3v) is 3.40. The average molecular weight is 318 g/mol. The van der Waals surface area contributed by atoms with Gasteiger partial charge in [-0.3, -0.25) is 14.1 Å². The first-order valence-electron chi connectivity index (χ1n) is 6.00. The van der Waals surface area contributed by atoms with E-state index in [1.807, 2.05) is 0 Å². The van der Waals surface area contributed by atoms with Gasteiger partial charge in [0.2, 0.25) is 5.03 Å². The highest BCUT2D eigenvalue weighted by molar-refractivity contribution is 7.85. The van der Waals surface area contributed by atoms with Crippen molar-refractivity contribution in [3.05, 3.63) is 65.9 Å². The Balaban J connectivity index is 0.000000164. The van der Waals surface area contributed by atoms with Gasteiger partial charge in [-0.2, -0.15) is 13.5 Å². The van der Waals surface area contributed by atoms with Gasteiger partial charge in [-0.05, 0) is 24.3 Å². The van der Waals surface area contributed by atoms with E-state index in [9.17, 15) is 18.0 Å². The minimum atomic E-state index is -4.18. The molecule has 1 aliphatic rings. The molecule has 8 heteroatoms. The largest absolute Gasteiger partial charge is 0.314 e. The second kappa shape index (κ2) is 6.37. The van der Waals surface area contributed by atoms with E-state index in [1.54, 1.807) is 24.3 Å². The number of carbonyl (C=O) groups excluding carboxylic acids is 2. The van der Waals surface area contributed by atoms with Crippen molar-refractivity contribution in [2.24, 2.45) is 0 Å². The molecule has 0 unspecified atom stereocenters. The van der Waals surface area contributed by atoms with Crippen molar-refractivity contribution < 1.29 is 22.6 Å². The molecule has 0 fully saturated rings. The Morgan fingerprint density at radius 2 is 1.41 bits per heavy atom. The standard InChI is InChI=1S/C10H6O2.C4H4N2O3S/c11-9-5-6-10(12)8-4-2-1-3-7(8)9;7-10(8,9)4-2-1-3-5-6-4/h1-6H;1-3H,(H,7,8,9). The Hall–Kier alpha value is -2.71. The summed E-state index contributed by atoms with van der Waals surface area (Å²) in [4.78, 5) is 22.4. The fourth-order valence-corrected chi connectivity index (χ4v) is 2.07. The van der Waals surface area contributed by atoms with Crippen LogP contribution in [0.2, 0.25) is 0 Å². The van der Waals surface area contributed by atoms with E-state index in [0.29, 0.717) is 11.1 Å². The van der Waals surface area contributed by atoms with Gasteiger partial charge in [-0.15, -0.1) is 5.10 Å². The van der Waals surface area contributed by atoms with Crippen LogP contribution in [0.4, 0.5) is 0 Å². The van der Waals surface area contributed by atoms with Crippen LogP contribution in [0.15, 0.2) is 59.8 Å². The third-order valence-electron chi connectivity index (χ3n) is 2.66. The predicted molar refractivity (Wildman–Crippen MR) is 76.1 cm³/mol. The van der Waals surface area contributed by atoms with E-state index in [-0.39, 0.29) is 11.6 Å². The van der Waals surface area contributed by atoms with E-state index >= 15 is 0 Å². The van der Waals surface area contributed by atoms with Crippen molar-refractivity contribution in [2.75, 3.05) is 0 Å². The molecule has 0 saturated heterocycles. The monoisotopic (exact) mass is 318 g/mol. The average Bonchev–Trinajstić information content (AvgIpc) is 2.52. The molecular weight excluding hydrogens is 308 g/mol. The SMILES string of the molecule is O=C1C=CC(=O)c2ccccc21.O=S(=O)(O)c1cccnn1. The molecule has 0 atom stereocenters. The van der Waals surface area contributed by atoms with Gasteiger partial charge in [0.05, 0.1) is 0 Å². The van der Waals surface area contributed by atoms with E-state index in [2.05, 4.69) is 10.2 Å². The van der Waals surface area contributed by atoms with Crippen LogP contribution in [0.3, 0.4) is 0 Å². The number of ketones is 2. The number of nitrogens with zero attached hydrogens (tertiary/aromatic N) is 2. The Morgan fingerprint density at radius 3 is 1.77 bits per heavy atom. The number of carbonyl (C=O) groups is 2. The van der Waals surface area contributed by atoms with Crippen molar-refractivity contribution in [3.8, 4) is 0 Å². The summed E-state index contributed by atoms with van der Waals surface area (Å²) in [7, 11) is -4.18. The second-order valence-corrected chi connectivity index (χ2v) is 5.51. The molecule has 1 N–H and O–H groups in total. The Kier molecular flexibility index (Phi) is 4.54.